The van der Waals surface area contributed by atoms with Crippen LogP contribution in [0.2, 0.25) is 0 Å². The zero-order valence-electron chi connectivity index (χ0n) is 18.3. The van der Waals surface area contributed by atoms with Crippen molar-refractivity contribution in [1.29, 1.82) is 0 Å². The third-order valence-electron chi connectivity index (χ3n) is 5.63. The van der Waals surface area contributed by atoms with E-state index in [1.54, 1.807) is 0 Å². The number of amides is 2. The van der Waals surface area contributed by atoms with Crippen molar-refractivity contribution in [3.05, 3.63) is 77.7 Å². The van der Waals surface area contributed by atoms with Crippen LogP contribution in [-0.2, 0) is 17.8 Å². The number of rotatable bonds is 6. The highest BCUT2D eigenvalue weighted by Gasteiger charge is 2.22. The molecule has 1 aliphatic rings. The standard InChI is InChI=1S/C25H28N4O3/c1-28-12-5-13-29(15-14-28)25(31)22-18-32-24(27-22)21-10-8-20(9-11-21)17-26-23(30)16-19-6-3-2-4-7-19/h2-4,6-11,18H,5,12-17H2,1H3,(H,26,30). The normalized spacial score (nSPS) is 14.7. The van der Waals surface area contributed by atoms with Crippen molar-refractivity contribution >= 4 is 11.8 Å². The first-order chi connectivity index (χ1) is 15.6. The van der Waals surface area contributed by atoms with Crippen molar-refractivity contribution in [2.24, 2.45) is 0 Å². The molecule has 0 radical (unpaired) electrons. The average molecular weight is 433 g/mol. The number of aromatic nitrogens is 1. The summed E-state index contributed by atoms with van der Waals surface area (Å²) in [6.07, 6.45) is 2.75. The predicted molar refractivity (Wildman–Crippen MR) is 122 cm³/mol. The van der Waals surface area contributed by atoms with Gasteiger partial charge in [0.2, 0.25) is 11.8 Å². The van der Waals surface area contributed by atoms with E-state index in [0.717, 1.165) is 42.7 Å². The number of oxazole rings is 1. The number of nitrogens with zero attached hydrogens (tertiary/aromatic N) is 3. The largest absolute Gasteiger partial charge is 0.444 e. The average Bonchev–Trinajstić information content (AvgIpc) is 3.21. The summed E-state index contributed by atoms with van der Waals surface area (Å²) in [4.78, 5) is 33.4. The van der Waals surface area contributed by atoms with E-state index in [0.29, 0.717) is 31.1 Å². The first-order valence-electron chi connectivity index (χ1n) is 10.9. The van der Waals surface area contributed by atoms with Gasteiger partial charge in [0, 0.05) is 31.7 Å². The number of hydrogen-bond acceptors (Lipinski definition) is 5. The molecule has 1 fully saturated rings. The lowest BCUT2D eigenvalue weighted by Gasteiger charge is -2.18. The molecule has 3 aromatic rings. The Labute approximate surface area is 188 Å². The quantitative estimate of drug-likeness (QED) is 0.648. The number of carbonyl (C=O) groups is 2. The molecule has 1 N–H and O–H groups in total. The van der Waals surface area contributed by atoms with Crippen LogP contribution in [0.15, 0.2) is 65.3 Å². The molecular weight excluding hydrogens is 404 g/mol. The topological polar surface area (TPSA) is 78.7 Å². The Morgan fingerprint density at radius 3 is 2.53 bits per heavy atom. The molecule has 0 bridgehead atoms. The van der Waals surface area contributed by atoms with E-state index in [-0.39, 0.29) is 11.8 Å². The van der Waals surface area contributed by atoms with E-state index in [1.807, 2.05) is 59.5 Å². The molecule has 2 aromatic carbocycles. The van der Waals surface area contributed by atoms with E-state index in [9.17, 15) is 9.59 Å². The molecule has 2 amide bonds. The van der Waals surface area contributed by atoms with Gasteiger partial charge in [-0.3, -0.25) is 9.59 Å². The zero-order chi connectivity index (χ0) is 22.3. The molecule has 166 valence electrons. The summed E-state index contributed by atoms with van der Waals surface area (Å²) in [6, 6.07) is 17.3. The maximum absolute atomic E-state index is 12.8. The first-order valence-corrected chi connectivity index (χ1v) is 10.9. The van der Waals surface area contributed by atoms with Crippen LogP contribution in [0, 0.1) is 0 Å². The minimum Gasteiger partial charge on any atom is -0.444 e. The first kappa shape index (κ1) is 21.8. The van der Waals surface area contributed by atoms with Gasteiger partial charge in [0.1, 0.15) is 6.26 Å². The summed E-state index contributed by atoms with van der Waals surface area (Å²) in [7, 11) is 2.07. The molecule has 0 spiro atoms. The fourth-order valence-electron chi connectivity index (χ4n) is 3.73. The second-order valence-electron chi connectivity index (χ2n) is 8.12. The van der Waals surface area contributed by atoms with Crippen LogP contribution in [0.3, 0.4) is 0 Å². The van der Waals surface area contributed by atoms with E-state index >= 15 is 0 Å². The molecule has 0 atom stereocenters. The second-order valence-corrected chi connectivity index (χ2v) is 8.12. The lowest BCUT2D eigenvalue weighted by atomic mass is 10.1. The van der Waals surface area contributed by atoms with Gasteiger partial charge in [-0.05, 0) is 43.3 Å². The van der Waals surface area contributed by atoms with Gasteiger partial charge in [-0.25, -0.2) is 4.98 Å². The summed E-state index contributed by atoms with van der Waals surface area (Å²) in [5.74, 6) is 0.309. The lowest BCUT2D eigenvalue weighted by molar-refractivity contribution is -0.120. The van der Waals surface area contributed by atoms with Crippen LogP contribution in [-0.4, -0.2) is 59.8 Å². The molecule has 0 saturated carbocycles. The summed E-state index contributed by atoms with van der Waals surface area (Å²) >= 11 is 0. The molecule has 1 aliphatic heterocycles. The highest BCUT2D eigenvalue weighted by Crippen LogP contribution is 2.20. The minimum absolute atomic E-state index is 0.0177. The van der Waals surface area contributed by atoms with Gasteiger partial charge in [0.05, 0.1) is 6.42 Å². The Kier molecular flexibility index (Phi) is 6.97. The molecular formula is C25H28N4O3. The number of hydrogen-bond donors (Lipinski definition) is 1. The second kappa shape index (κ2) is 10.2. The maximum atomic E-state index is 12.8. The Bertz CT molecular complexity index is 1050. The number of benzene rings is 2. The molecule has 4 rings (SSSR count). The van der Waals surface area contributed by atoms with Crippen LogP contribution < -0.4 is 5.32 Å². The minimum atomic E-state index is -0.0898. The Balaban J connectivity index is 1.32. The highest BCUT2D eigenvalue weighted by molar-refractivity contribution is 5.92. The number of nitrogens with one attached hydrogen (secondary N) is 1. The summed E-state index contributed by atoms with van der Waals surface area (Å²) in [5.41, 5.74) is 3.09. The van der Waals surface area contributed by atoms with Crippen molar-refractivity contribution in [2.45, 2.75) is 19.4 Å². The third-order valence-corrected chi connectivity index (χ3v) is 5.63. The number of carbonyl (C=O) groups excluding carboxylic acids is 2. The molecule has 1 aromatic heterocycles. The zero-order valence-corrected chi connectivity index (χ0v) is 18.3. The van der Waals surface area contributed by atoms with Crippen LogP contribution >= 0.6 is 0 Å². The summed E-state index contributed by atoms with van der Waals surface area (Å²) < 4.78 is 5.58. The SMILES string of the molecule is CN1CCCN(C(=O)c2coc(-c3ccc(CNC(=O)Cc4ccccc4)cc3)n2)CC1. The van der Waals surface area contributed by atoms with Gasteiger partial charge < -0.3 is 19.5 Å². The maximum Gasteiger partial charge on any atom is 0.275 e. The Morgan fingerprint density at radius 2 is 1.75 bits per heavy atom. The molecule has 1 saturated heterocycles. The van der Waals surface area contributed by atoms with Gasteiger partial charge in [-0.1, -0.05) is 42.5 Å². The van der Waals surface area contributed by atoms with Crippen LogP contribution in [0.4, 0.5) is 0 Å². The van der Waals surface area contributed by atoms with Crippen LogP contribution in [0.1, 0.15) is 28.0 Å². The van der Waals surface area contributed by atoms with Crippen molar-refractivity contribution in [3.63, 3.8) is 0 Å². The van der Waals surface area contributed by atoms with Gasteiger partial charge in [0.25, 0.3) is 5.91 Å². The summed E-state index contributed by atoms with van der Waals surface area (Å²) in [6.45, 7) is 3.73. The van der Waals surface area contributed by atoms with E-state index in [1.165, 1.54) is 6.26 Å². The predicted octanol–water partition coefficient (Wildman–Crippen LogP) is 2.98. The Hall–Kier alpha value is -3.45. The molecule has 0 aliphatic carbocycles. The fraction of sp³-hybridized carbons (Fsp3) is 0.320. The Morgan fingerprint density at radius 1 is 0.969 bits per heavy atom. The van der Waals surface area contributed by atoms with Crippen molar-refractivity contribution in [3.8, 4) is 11.5 Å². The molecule has 32 heavy (non-hydrogen) atoms. The molecule has 2 heterocycles. The van der Waals surface area contributed by atoms with Crippen molar-refractivity contribution in [1.82, 2.24) is 20.1 Å². The highest BCUT2D eigenvalue weighted by atomic mass is 16.3. The molecule has 7 heteroatoms. The van der Waals surface area contributed by atoms with E-state index in [4.69, 9.17) is 4.42 Å². The van der Waals surface area contributed by atoms with Gasteiger partial charge >= 0.3 is 0 Å². The molecule has 0 unspecified atom stereocenters. The van der Waals surface area contributed by atoms with E-state index < -0.39 is 0 Å². The van der Waals surface area contributed by atoms with Crippen molar-refractivity contribution < 1.29 is 14.0 Å². The van der Waals surface area contributed by atoms with Gasteiger partial charge in [-0.2, -0.15) is 0 Å². The number of likely N-dealkylation sites (N-methyl/N-ethyl adjacent to an activating group) is 1. The van der Waals surface area contributed by atoms with Crippen molar-refractivity contribution in [2.75, 3.05) is 33.2 Å². The third kappa shape index (κ3) is 5.62. The smallest absolute Gasteiger partial charge is 0.275 e. The fourth-order valence-corrected chi connectivity index (χ4v) is 3.73. The lowest BCUT2D eigenvalue weighted by Crippen LogP contribution is -2.34. The monoisotopic (exact) mass is 432 g/mol. The van der Waals surface area contributed by atoms with E-state index in [2.05, 4.69) is 22.2 Å². The molecule has 7 nitrogen and oxygen atoms in total. The summed E-state index contributed by atoms with van der Waals surface area (Å²) in [5, 5.41) is 2.94. The van der Waals surface area contributed by atoms with Gasteiger partial charge in [-0.15, -0.1) is 0 Å². The van der Waals surface area contributed by atoms with Crippen LogP contribution in [0.25, 0.3) is 11.5 Å². The van der Waals surface area contributed by atoms with Gasteiger partial charge in [0.15, 0.2) is 5.69 Å². The van der Waals surface area contributed by atoms with Crippen LogP contribution in [0.5, 0.6) is 0 Å².